The Morgan fingerprint density at radius 3 is 2.00 bits per heavy atom. The van der Waals surface area contributed by atoms with E-state index in [1.54, 1.807) is 6.92 Å². The summed E-state index contributed by atoms with van der Waals surface area (Å²) >= 11 is 0. The molecule has 2 aliphatic heterocycles. The van der Waals surface area contributed by atoms with Gasteiger partial charge < -0.3 is 48.1 Å². The summed E-state index contributed by atoms with van der Waals surface area (Å²) in [4.78, 5) is 96.4. The van der Waals surface area contributed by atoms with E-state index >= 15 is 0 Å². The minimum Gasteiger partial charge on any atom is -0.465 e. The first kappa shape index (κ1) is 40.5. The van der Waals surface area contributed by atoms with E-state index in [0.29, 0.717) is 5.56 Å². The number of esters is 7. The van der Waals surface area contributed by atoms with Crippen molar-refractivity contribution in [1.29, 1.82) is 0 Å². The molecule has 296 valence electrons. The first-order valence-corrected chi connectivity index (χ1v) is 17.3. The van der Waals surface area contributed by atoms with E-state index in [-0.39, 0.29) is 5.56 Å². The SMILES string of the molecule is CC(=O)OCC12C(O)C(OC(C)=O)C3OC(=O)C(C)C(C)c4ccncc4C(=O)OCC4(C)OC1(C(OC(C)=O)C4C(OC(C)=O)C2OC(C)=O)C3(C)O. The molecular formula is C36H45NO17. The summed E-state index contributed by atoms with van der Waals surface area (Å²) in [7, 11) is 0. The second-order valence-electron chi connectivity index (χ2n) is 14.8. The Kier molecular flexibility index (Phi) is 10.6. The third-order valence-electron chi connectivity index (χ3n) is 11.2. The predicted molar refractivity (Wildman–Crippen MR) is 176 cm³/mol. The lowest BCUT2D eigenvalue weighted by atomic mass is 9.45. The summed E-state index contributed by atoms with van der Waals surface area (Å²) in [6, 6.07) is 1.51. The van der Waals surface area contributed by atoms with Gasteiger partial charge in [0.05, 0.1) is 17.4 Å². The van der Waals surface area contributed by atoms with Gasteiger partial charge in [-0.25, -0.2) is 4.79 Å². The van der Waals surface area contributed by atoms with Crippen LogP contribution in [0.1, 0.15) is 84.2 Å². The van der Waals surface area contributed by atoms with Gasteiger partial charge in [0.25, 0.3) is 0 Å². The molecule has 1 aromatic heterocycles. The average Bonchev–Trinajstić information content (AvgIpc) is 3.29. The maximum Gasteiger partial charge on any atom is 0.340 e. The molecule has 2 N–H and O–H groups in total. The molecule has 0 amide bonds. The highest BCUT2D eigenvalue weighted by Crippen LogP contribution is 2.69. The molecule has 54 heavy (non-hydrogen) atoms. The van der Waals surface area contributed by atoms with Crippen LogP contribution in [0.2, 0.25) is 0 Å². The van der Waals surface area contributed by atoms with Gasteiger partial charge in [-0.15, -0.1) is 0 Å². The summed E-state index contributed by atoms with van der Waals surface area (Å²) in [6.45, 7) is 8.86. The predicted octanol–water partition coefficient (Wildman–Crippen LogP) is 0.463. The number of carbonyl (C=O) groups is 7. The lowest BCUT2D eigenvalue weighted by Gasteiger charge is -2.67. The number of hydrogen-bond acceptors (Lipinski definition) is 18. The Morgan fingerprint density at radius 2 is 1.43 bits per heavy atom. The maximum atomic E-state index is 14.2. The second-order valence-corrected chi connectivity index (χ2v) is 14.8. The van der Waals surface area contributed by atoms with Gasteiger partial charge in [-0.1, -0.05) is 13.8 Å². The highest BCUT2D eigenvalue weighted by molar-refractivity contribution is 5.91. The quantitative estimate of drug-likeness (QED) is 0.295. The molecule has 18 heteroatoms. The van der Waals surface area contributed by atoms with Gasteiger partial charge in [-0.2, -0.15) is 0 Å². The first-order valence-electron chi connectivity index (χ1n) is 17.3. The van der Waals surface area contributed by atoms with Gasteiger partial charge >= 0.3 is 41.8 Å². The largest absolute Gasteiger partial charge is 0.465 e. The van der Waals surface area contributed by atoms with E-state index in [1.165, 1.54) is 32.3 Å². The Morgan fingerprint density at radius 1 is 0.852 bits per heavy atom. The molecule has 0 radical (unpaired) electrons. The van der Waals surface area contributed by atoms with Crippen molar-refractivity contribution in [1.82, 2.24) is 4.98 Å². The fraction of sp³-hybridized carbons (Fsp3) is 0.667. The van der Waals surface area contributed by atoms with Gasteiger partial charge in [0.15, 0.2) is 23.9 Å². The Balaban J connectivity index is 1.95. The van der Waals surface area contributed by atoms with Crippen molar-refractivity contribution in [2.24, 2.45) is 17.3 Å². The van der Waals surface area contributed by atoms with Gasteiger partial charge in [0.1, 0.15) is 48.1 Å². The molecule has 13 atom stereocenters. The molecule has 18 nitrogen and oxygen atoms in total. The van der Waals surface area contributed by atoms with E-state index in [0.717, 1.165) is 41.5 Å². The number of rotatable bonds is 6. The van der Waals surface area contributed by atoms with Crippen LogP contribution in [-0.4, -0.2) is 124 Å². The topological polar surface area (TPSA) is 247 Å². The number of hydrogen-bond donors (Lipinski definition) is 2. The van der Waals surface area contributed by atoms with Crippen molar-refractivity contribution in [3.63, 3.8) is 0 Å². The zero-order chi connectivity index (χ0) is 40.3. The summed E-state index contributed by atoms with van der Waals surface area (Å²) in [5.74, 6) is -10.2. The number of aromatic nitrogens is 1. The number of aliphatic hydroxyl groups is 2. The molecule has 4 aliphatic rings. The van der Waals surface area contributed by atoms with Gasteiger partial charge in [-0.3, -0.25) is 33.8 Å². The van der Waals surface area contributed by atoms with Crippen molar-refractivity contribution in [2.45, 2.75) is 122 Å². The summed E-state index contributed by atoms with van der Waals surface area (Å²) < 4.78 is 47.5. The van der Waals surface area contributed by atoms with Crippen molar-refractivity contribution in [3.05, 3.63) is 29.6 Å². The summed E-state index contributed by atoms with van der Waals surface area (Å²) in [5.41, 5.74) is -9.74. The molecule has 3 fully saturated rings. The minimum atomic E-state index is -2.77. The summed E-state index contributed by atoms with van der Waals surface area (Å²) in [5, 5.41) is 25.9. The van der Waals surface area contributed by atoms with Crippen LogP contribution in [0, 0.1) is 17.3 Å². The molecule has 2 aliphatic carbocycles. The highest BCUT2D eigenvalue weighted by Gasteiger charge is 2.91. The van der Waals surface area contributed by atoms with Gasteiger partial charge in [0.2, 0.25) is 0 Å². The highest BCUT2D eigenvalue weighted by atomic mass is 16.7. The molecular weight excluding hydrogens is 718 g/mol. The number of cyclic esters (lactones) is 1. The molecule has 5 rings (SSSR count). The van der Waals surface area contributed by atoms with Gasteiger partial charge in [-0.05, 0) is 31.4 Å². The molecule has 13 unspecified atom stereocenters. The molecule has 2 saturated carbocycles. The Hall–Kier alpha value is -4.68. The van der Waals surface area contributed by atoms with E-state index in [9.17, 15) is 43.8 Å². The summed E-state index contributed by atoms with van der Waals surface area (Å²) in [6.07, 6.45) is -9.32. The zero-order valence-corrected chi connectivity index (χ0v) is 31.3. The van der Waals surface area contributed by atoms with E-state index < -0.39 is 132 Å². The Labute approximate surface area is 310 Å². The van der Waals surface area contributed by atoms with E-state index in [2.05, 4.69) is 4.98 Å². The van der Waals surface area contributed by atoms with Crippen molar-refractivity contribution in [2.75, 3.05) is 13.2 Å². The average molecular weight is 764 g/mol. The molecule has 4 bridgehead atoms. The molecule has 1 spiro atoms. The first-order chi connectivity index (χ1) is 25.1. The number of carbonyl (C=O) groups excluding carboxylic acids is 7. The van der Waals surface area contributed by atoms with Crippen molar-refractivity contribution >= 4 is 41.8 Å². The molecule has 0 aromatic carbocycles. The third kappa shape index (κ3) is 6.17. The second kappa shape index (κ2) is 14.2. The van der Waals surface area contributed by atoms with Gasteiger partial charge in [0, 0.05) is 47.0 Å². The standard InChI is InChI=1S/C36H45NO17/c1-15-16(2)31(44)53-29-26(50-19(5)40)27(43)35(14-47-17(3)38)30(52-21(7)42)25(49-18(4)39)24-28(51-20(6)41)36(35,34(29,9)46)54-33(24,8)13-48-32(45)23-12-37-11-10-22(15)23/h10-12,15-16,24-30,43,46H,13-14H2,1-9H3. The number of nitrogens with zero attached hydrogens (tertiary/aromatic N) is 1. The van der Waals surface area contributed by atoms with Crippen molar-refractivity contribution in [3.8, 4) is 0 Å². The smallest absolute Gasteiger partial charge is 0.340 e. The number of pyridine rings is 1. The molecule has 1 aromatic rings. The molecule has 1 saturated heterocycles. The zero-order valence-electron chi connectivity index (χ0n) is 31.3. The lowest BCUT2D eigenvalue weighted by Crippen LogP contribution is -2.89. The van der Waals surface area contributed by atoms with Crippen LogP contribution < -0.4 is 0 Å². The fourth-order valence-corrected chi connectivity index (χ4v) is 8.98. The van der Waals surface area contributed by atoms with Crippen LogP contribution in [0.3, 0.4) is 0 Å². The number of fused-ring (bicyclic) bond motifs is 5. The number of ether oxygens (including phenoxy) is 8. The normalized spacial score (nSPS) is 39.8. The number of aliphatic hydroxyl groups excluding tert-OH is 1. The maximum absolute atomic E-state index is 14.2. The van der Waals surface area contributed by atoms with Crippen LogP contribution in [0.25, 0.3) is 0 Å². The van der Waals surface area contributed by atoms with E-state index in [1.807, 2.05) is 0 Å². The van der Waals surface area contributed by atoms with Crippen LogP contribution in [0.5, 0.6) is 0 Å². The fourth-order valence-electron chi connectivity index (χ4n) is 8.98. The minimum absolute atomic E-state index is 0.0279. The third-order valence-corrected chi connectivity index (χ3v) is 11.2. The van der Waals surface area contributed by atoms with Crippen LogP contribution in [-0.2, 0) is 66.7 Å². The van der Waals surface area contributed by atoms with Crippen LogP contribution >= 0.6 is 0 Å². The van der Waals surface area contributed by atoms with Crippen LogP contribution in [0.15, 0.2) is 18.5 Å². The van der Waals surface area contributed by atoms with Crippen LogP contribution in [0.4, 0.5) is 0 Å². The van der Waals surface area contributed by atoms with Crippen molar-refractivity contribution < 1.29 is 81.7 Å². The Bertz CT molecular complexity index is 1740. The molecule has 3 heterocycles. The lowest BCUT2D eigenvalue weighted by molar-refractivity contribution is -0.386. The monoisotopic (exact) mass is 763 g/mol. The van der Waals surface area contributed by atoms with E-state index in [4.69, 9.17) is 37.9 Å².